The monoisotopic (exact) mass is 294 g/mol. The lowest BCUT2D eigenvalue weighted by atomic mass is 9.63. The van der Waals surface area contributed by atoms with Crippen molar-refractivity contribution in [2.45, 2.75) is 76.5 Å². The Bertz CT molecular complexity index is 445. The fourth-order valence-corrected chi connectivity index (χ4v) is 5.00. The van der Waals surface area contributed by atoms with Crippen LogP contribution in [0.2, 0.25) is 0 Å². The third-order valence-electron chi connectivity index (χ3n) is 5.33. The number of nitrogens with zero attached hydrogens (tertiary/aromatic N) is 1. The zero-order valence-corrected chi connectivity index (χ0v) is 13.2. The van der Waals surface area contributed by atoms with E-state index in [0.717, 1.165) is 32.1 Å². The summed E-state index contributed by atoms with van der Waals surface area (Å²) in [6.07, 6.45) is 5.78. The lowest BCUT2D eigenvalue weighted by Crippen LogP contribution is -2.56. The molecule has 1 amide bonds. The first-order chi connectivity index (χ1) is 9.78. The van der Waals surface area contributed by atoms with Gasteiger partial charge >= 0.3 is 6.09 Å². The topological polar surface area (TPSA) is 67.8 Å². The van der Waals surface area contributed by atoms with E-state index < -0.39 is 5.60 Å². The number of nitroso groups, excluding NO2 is 1. The Hall–Kier alpha value is -1.13. The van der Waals surface area contributed by atoms with Crippen molar-refractivity contribution in [2.24, 2.45) is 22.9 Å². The van der Waals surface area contributed by atoms with Gasteiger partial charge in [-0.25, -0.2) is 4.79 Å². The van der Waals surface area contributed by atoms with Crippen LogP contribution < -0.4 is 5.32 Å². The van der Waals surface area contributed by atoms with Crippen LogP contribution in [0.4, 0.5) is 4.79 Å². The Kier molecular flexibility index (Phi) is 3.49. The lowest BCUT2D eigenvalue weighted by molar-refractivity contribution is 0.0242. The molecule has 0 saturated heterocycles. The van der Waals surface area contributed by atoms with Crippen molar-refractivity contribution in [3.05, 3.63) is 4.91 Å². The summed E-state index contributed by atoms with van der Waals surface area (Å²) in [6, 6.07) is -0.0531. The highest BCUT2D eigenvalue weighted by Gasteiger charge is 2.52. The minimum absolute atomic E-state index is 0.0531. The number of amides is 1. The van der Waals surface area contributed by atoms with Gasteiger partial charge in [0, 0.05) is 5.54 Å². The minimum atomic E-state index is -0.477. The molecule has 118 valence electrons. The molecule has 0 aliphatic heterocycles. The van der Waals surface area contributed by atoms with Crippen molar-refractivity contribution >= 4 is 6.09 Å². The van der Waals surface area contributed by atoms with Gasteiger partial charge in [-0.1, -0.05) is 5.18 Å². The van der Waals surface area contributed by atoms with Gasteiger partial charge in [-0.3, -0.25) is 0 Å². The molecule has 4 rings (SSSR count). The number of nitrogens with one attached hydrogen (secondary N) is 1. The van der Waals surface area contributed by atoms with Gasteiger partial charge in [0.05, 0.1) is 6.04 Å². The molecule has 4 bridgehead atoms. The Balaban J connectivity index is 1.76. The summed E-state index contributed by atoms with van der Waals surface area (Å²) in [5.74, 6) is 1.49. The molecule has 0 aromatic heterocycles. The predicted octanol–water partition coefficient (Wildman–Crippen LogP) is 3.61. The first-order valence-electron chi connectivity index (χ1n) is 8.12. The summed E-state index contributed by atoms with van der Waals surface area (Å²) in [5.41, 5.74) is -0.645. The van der Waals surface area contributed by atoms with Crippen molar-refractivity contribution in [1.82, 2.24) is 5.32 Å². The normalized spacial score (nSPS) is 41.5. The number of ether oxygens (including phenoxy) is 1. The van der Waals surface area contributed by atoms with Crippen LogP contribution in [0.3, 0.4) is 0 Å². The smallest absolute Gasteiger partial charge is 0.408 e. The molecule has 5 nitrogen and oxygen atoms in total. The van der Waals surface area contributed by atoms with Gasteiger partial charge in [-0.2, -0.15) is 4.91 Å². The molecule has 5 atom stereocenters. The number of hydrogen-bond donors (Lipinski definition) is 1. The number of fused-ring (bicyclic) bond motifs is 1. The molecule has 0 aromatic rings. The standard InChI is InChI=1S/C16H26N2O3/c1-15(2,3)21-14(19)17-16-7-10-4-11(8-16)6-13(18-20)12(5-10)9-16/h10-13H,4-9H2,1-3H3,(H,17,19). The maximum atomic E-state index is 12.2. The highest BCUT2D eigenvalue weighted by atomic mass is 16.6. The first-order valence-corrected chi connectivity index (χ1v) is 8.12. The van der Waals surface area contributed by atoms with Crippen LogP contribution in [0.25, 0.3) is 0 Å². The van der Waals surface area contributed by atoms with Crippen molar-refractivity contribution in [3.8, 4) is 0 Å². The third kappa shape index (κ3) is 3.06. The number of alkyl carbamates (subject to hydrolysis) is 1. The molecule has 21 heavy (non-hydrogen) atoms. The summed E-state index contributed by atoms with van der Waals surface area (Å²) in [7, 11) is 0. The van der Waals surface area contributed by atoms with Gasteiger partial charge in [-0.15, -0.1) is 0 Å². The van der Waals surface area contributed by atoms with Gasteiger partial charge in [0.15, 0.2) is 0 Å². The Morgan fingerprint density at radius 2 is 1.81 bits per heavy atom. The lowest BCUT2D eigenvalue weighted by Gasteiger charge is -2.48. The van der Waals surface area contributed by atoms with Gasteiger partial charge in [0.2, 0.25) is 0 Å². The van der Waals surface area contributed by atoms with Gasteiger partial charge in [0.25, 0.3) is 0 Å². The number of hydrogen-bond acceptors (Lipinski definition) is 4. The van der Waals surface area contributed by atoms with E-state index in [9.17, 15) is 9.70 Å². The van der Waals surface area contributed by atoms with Gasteiger partial charge in [-0.05, 0) is 77.0 Å². The molecule has 0 heterocycles. The fraction of sp³-hybridized carbons (Fsp3) is 0.938. The second-order valence-corrected chi connectivity index (χ2v) is 8.39. The SMILES string of the molecule is CC(C)(C)OC(=O)NC12CC3CC(CC(N=O)C(C3)C1)C2. The van der Waals surface area contributed by atoms with Crippen LogP contribution >= 0.6 is 0 Å². The number of rotatable bonds is 2. The van der Waals surface area contributed by atoms with E-state index >= 15 is 0 Å². The zero-order chi connectivity index (χ0) is 15.3. The number of carbonyl (C=O) groups excluding carboxylic acids is 1. The maximum absolute atomic E-state index is 12.2. The average Bonchev–Trinajstić information content (AvgIpc) is 2.48. The van der Waals surface area contributed by atoms with Gasteiger partial charge in [0.1, 0.15) is 5.60 Å². The first kappa shape index (κ1) is 14.8. The molecule has 4 aliphatic rings. The van der Waals surface area contributed by atoms with E-state index in [1.807, 2.05) is 20.8 Å². The van der Waals surface area contributed by atoms with E-state index in [4.69, 9.17) is 4.74 Å². The second kappa shape index (κ2) is 4.96. The van der Waals surface area contributed by atoms with Crippen LogP contribution in [-0.4, -0.2) is 23.3 Å². The Morgan fingerprint density at radius 1 is 1.14 bits per heavy atom. The highest BCUT2D eigenvalue weighted by molar-refractivity contribution is 5.69. The van der Waals surface area contributed by atoms with Gasteiger partial charge < -0.3 is 10.1 Å². The average molecular weight is 294 g/mol. The predicted molar refractivity (Wildman–Crippen MR) is 79.9 cm³/mol. The van der Waals surface area contributed by atoms with Crippen LogP contribution in [0, 0.1) is 22.7 Å². The zero-order valence-electron chi connectivity index (χ0n) is 13.2. The third-order valence-corrected chi connectivity index (χ3v) is 5.33. The molecule has 1 N–H and O–H groups in total. The van der Waals surface area contributed by atoms with Crippen molar-refractivity contribution in [1.29, 1.82) is 0 Å². The molecule has 4 saturated carbocycles. The second-order valence-electron chi connectivity index (χ2n) is 8.39. The van der Waals surface area contributed by atoms with Crippen LogP contribution in [-0.2, 0) is 4.74 Å². The van der Waals surface area contributed by atoms with E-state index in [-0.39, 0.29) is 17.7 Å². The minimum Gasteiger partial charge on any atom is -0.444 e. The summed E-state index contributed by atoms with van der Waals surface area (Å²) >= 11 is 0. The Morgan fingerprint density at radius 3 is 2.43 bits per heavy atom. The number of carbonyl (C=O) groups is 1. The molecule has 5 unspecified atom stereocenters. The van der Waals surface area contributed by atoms with Crippen molar-refractivity contribution in [3.63, 3.8) is 0 Å². The summed E-state index contributed by atoms with van der Waals surface area (Å²) in [4.78, 5) is 23.3. The van der Waals surface area contributed by atoms with E-state index in [0.29, 0.717) is 17.8 Å². The molecule has 0 spiro atoms. The summed E-state index contributed by atoms with van der Waals surface area (Å²) < 4.78 is 5.44. The molecular formula is C16H26N2O3. The van der Waals surface area contributed by atoms with Crippen LogP contribution in [0.15, 0.2) is 5.18 Å². The van der Waals surface area contributed by atoms with Crippen molar-refractivity contribution in [2.75, 3.05) is 0 Å². The van der Waals surface area contributed by atoms with Crippen LogP contribution in [0.1, 0.15) is 59.3 Å². The molecule has 0 radical (unpaired) electrons. The molecule has 5 heteroatoms. The maximum Gasteiger partial charge on any atom is 0.408 e. The fourth-order valence-electron chi connectivity index (χ4n) is 5.00. The van der Waals surface area contributed by atoms with Crippen molar-refractivity contribution < 1.29 is 9.53 Å². The summed E-state index contributed by atoms with van der Waals surface area (Å²) in [5, 5.41) is 6.54. The quantitative estimate of drug-likeness (QED) is 0.791. The Labute approximate surface area is 126 Å². The van der Waals surface area contributed by atoms with E-state index in [1.54, 1.807) is 0 Å². The van der Waals surface area contributed by atoms with Crippen LogP contribution in [0.5, 0.6) is 0 Å². The largest absolute Gasteiger partial charge is 0.444 e. The molecule has 4 fully saturated rings. The van der Waals surface area contributed by atoms with E-state index in [2.05, 4.69) is 10.5 Å². The molecular weight excluding hydrogens is 268 g/mol. The molecule has 0 aromatic carbocycles. The summed E-state index contributed by atoms with van der Waals surface area (Å²) in [6.45, 7) is 5.64. The molecule has 4 aliphatic carbocycles. The highest BCUT2D eigenvalue weighted by Crippen LogP contribution is 2.54. The van der Waals surface area contributed by atoms with E-state index in [1.165, 1.54) is 6.42 Å².